The van der Waals surface area contributed by atoms with Crippen molar-refractivity contribution in [3.05, 3.63) is 101 Å². The number of nitrogens with zero attached hydrogens (tertiary/aromatic N) is 1. The molecule has 3 atom stereocenters. The first kappa shape index (κ1) is 56.3. The molecule has 17 nitrogen and oxygen atoms in total. The smallest absolute Gasteiger partial charge is 0.478 e. The number of nitrogens with one attached hydrogen (secondary N) is 2. The summed E-state index contributed by atoms with van der Waals surface area (Å²) in [5.74, 6) is -2.21. The van der Waals surface area contributed by atoms with Gasteiger partial charge in [-0.1, -0.05) is 75.6 Å². The van der Waals surface area contributed by atoms with Crippen LogP contribution in [0.3, 0.4) is 0 Å². The van der Waals surface area contributed by atoms with E-state index in [2.05, 4.69) is 10.6 Å². The Morgan fingerprint density at radius 2 is 1.52 bits per heavy atom. The van der Waals surface area contributed by atoms with Gasteiger partial charge in [-0.15, -0.1) is 0 Å². The van der Waals surface area contributed by atoms with Crippen molar-refractivity contribution in [2.75, 3.05) is 26.7 Å². The lowest BCUT2D eigenvalue weighted by atomic mass is 9.90. The van der Waals surface area contributed by atoms with Crippen LogP contribution >= 0.6 is 15.2 Å². The van der Waals surface area contributed by atoms with Gasteiger partial charge in [0.2, 0.25) is 19.7 Å². The van der Waals surface area contributed by atoms with Crippen molar-refractivity contribution in [2.24, 2.45) is 5.92 Å². The molecule has 2 N–H and O–H groups in total. The number of hydrogen-bond donors (Lipinski definition) is 2. The van der Waals surface area contributed by atoms with Crippen molar-refractivity contribution in [2.45, 2.75) is 125 Å². The lowest BCUT2D eigenvalue weighted by Crippen LogP contribution is -2.49. The van der Waals surface area contributed by atoms with Gasteiger partial charge in [0.1, 0.15) is 22.8 Å². The molecule has 1 aromatic heterocycles. The number of amides is 3. The monoisotopic (exact) mass is 997 g/mol. The number of phosphoric acid groups is 1. The summed E-state index contributed by atoms with van der Waals surface area (Å²) in [6.07, 6.45) is 3.18. The highest BCUT2D eigenvalue weighted by molar-refractivity contribution is 7.66. The van der Waals surface area contributed by atoms with Crippen molar-refractivity contribution in [1.82, 2.24) is 15.7 Å². The van der Waals surface area contributed by atoms with E-state index in [1.54, 1.807) is 91.8 Å². The standard InChI is InChI=1S/C50H69N3O14P2/c1-12-15-17-24-40(41(13-2)53(33-54)65-48(57)45-35(4)21-20-25-43(45)61-34-63-69(59,66-49(5,6)7)67-50(8,9)10)46(55)51-32-52-47(56)44-27-26-42(64-44)37-28-38(60-14-3)30-39(29-37)68(11,58)62-31-36-22-18-16-19-23-36/h16,18-23,25-30,33,40-41H,12-15,17,24,31-32,34H2,1-11H3,(H,51,55)(H,52,56)/t40-,41-,68?/m1/s1. The topological polar surface area (TPSA) is 207 Å². The largest absolute Gasteiger partial charge is 0.494 e. The highest BCUT2D eigenvalue weighted by Crippen LogP contribution is 2.55. The molecule has 4 aromatic rings. The van der Waals surface area contributed by atoms with Gasteiger partial charge in [-0.3, -0.25) is 28.0 Å². The third-order valence-electron chi connectivity index (χ3n) is 10.2. The van der Waals surface area contributed by atoms with Crippen LogP contribution in [0.4, 0.5) is 0 Å². The summed E-state index contributed by atoms with van der Waals surface area (Å²) in [4.78, 5) is 59.6. The van der Waals surface area contributed by atoms with Crippen LogP contribution in [0.25, 0.3) is 11.3 Å². The van der Waals surface area contributed by atoms with Crippen molar-refractivity contribution in [3.8, 4) is 22.8 Å². The Morgan fingerprint density at radius 1 is 0.826 bits per heavy atom. The normalized spacial score (nSPS) is 13.7. The average Bonchev–Trinajstić information content (AvgIpc) is 3.78. The summed E-state index contributed by atoms with van der Waals surface area (Å²) in [6.45, 7) is 18.5. The highest BCUT2D eigenvalue weighted by Gasteiger charge is 2.38. The quantitative estimate of drug-likeness (QED) is 0.0187. The maximum absolute atomic E-state index is 13.9. The minimum atomic E-state index is -4.16. The molecular weight excluding hydrogens is 929 g/mol. The number of benzene rings is 3. The zero-order valence-corrected chi connectivity index (χ0v) is 43.4. The van der Waals surface area contributed by atoms with Crippen LogP contribution < -0.4 is 25.4 Å². The molecule has 0 fully saturated rings. The Bertz CT molecular complexity index is 2410. The SMILES string of the molecule is CCCCC[C@@H](C(=O)NCNC(=O)c1ccc(-c2cc(OCC)cc(P(C)(=O)OCc3ccccc3)c2)o1)[C@@H](CC)N(C=O)OC(=O)c1c(C)cccc1OCOP(=O)(OC(C)(C)C)OC(C)(C)C. The first-order chi connectivity index (χ1) is 32.5. The van der Waals surface area contributed by atoms with Crippen molar-refractivity contribution in [3.63, 3.8) is 0 Å². The average molecular weight is 998 g/mol. The minimum Gasteiger partial charge on any atom is -0.494 e. The molecule has 378 valence electrons. The van der Waals surface area contributed by atoms with Gasteiger partial charge in [-0.2, -0.15) is 5.06 Å². The number of hydrogen-bond acceptors (Lipinski definition) is 14. The number of furan rings is 1. The number of ether oxygens (including phenoxy) is 2. The van der Waals surface area contributed by atoms with Crippen LogP contribution in [-0.4, -0.2) is 73.2 Å². The first-order valence-electron chi connectivity index (χ1n) is 23.1. The fourth-order valence-corrected chi connectivity index (χ4v) is 10.0. The highest BCUT2D eigenvalue weighted by atomic mass is 31.2. The van der Waals surface area contributed by atoms with E-state index in [1.807, 2.05) is 44.2 Å². The number of rotatable bonds is 27. The number of aryl methyl sites for hydroxylation is 1. The van der Waals surface area contributed by atoms with E-state index < -0.39 is 62.9 Å². The van der Waals surface area contributed by atoms with Gasteiger partial charge in [0.15, 0.2) is 12.6 Å². The number of hydroxylamine groups is 2. The minimum absolute atomic E-state index is 0.00769. The van der Waals surface area contributed by atoms with Gasteiger partial charge in [-0.25, -0.2) is 13.9 Å². The van der Waals surface area contributed by atoms with Crippen molar-refractivity contribution >= 4 is 44.7 Å². The van der Waals surface area contributed by atoms with E-state index in [-0.39, 0.29) is 36.8 Å². The molecule has 1 unspecified atom stereocenters. The Kier molecular flexibility index (Phi) is 20.8. The van der Waals surface area contributed by atoms with Crippen LogP contribution in [-0.2, 0) is 48.3 Å². The number of carbonyl (C=O) groups excluding carboxylic acids is 4. The lowest BCUT2D eigenvalue weighted by Gasteiger charge is -2.32. The van der Waals surface area contributed by atoms with Gasteiger partial charge < -0.3 is 33.9 Å². The Morgan fingerprint density at radius 3 is 2.14 bits per heavy atom. The maximum Gasteiger partial charge on any atom is 0.478 e. The van der Waals surface area contributed by atoms with Crippen molar-refractivity contribution < 1.29 is 65.1 Å². The molecule has 0 aliphatic rings. The summed E-state index contributed by atoms with van der Waals surface area (Å²) >= 11 is 0. The molecule has 19 heteroatoms. The van der Waals surface area contributed by atoms with Crippen LogP contribution in [0.1, 0.15) is 126 Å². The van der Waals surface area contributed by atoms with Crippen LogP contribution in [0.5, 0.6) is 11.5 Å². The van der Waals surface area contributed by atoms with E-state index in [0.29, 0.717) is 53.8 Å². The predicted molar refractivity (Wildman–Crippen MR) is 262 cm³/mol. The van der Waals surface area contributed by atoms with E-state index in [9.17, 15) is 28.3 Å². The second-order valence-corrected chi connectivity index (χ2v) is 22.2. The zero-order valence-electron chi connectivity index (χ0n) is 41.7. The Balaban J connectivity index is 1.45. The summed E-state index contributed by atoms with van der Waals surface area (Å²) in [7, 11) is -7.50. The molecule has 1 heterocycles. The fourth-order valence-electron chi connectivity index (χ4n) is 7.08. The van der Waals surface area contributed by atoms with Gasteiger partial charge in [0, 0.05) is 17.5 Å². The Hall–Kier alpha value is -5.28. The number of carbonyl (C=O) groups is 4. The second kappa shape index (κ2) is 25.5. The summed E-state index contributed by atoms with van der Waals surface area (Å²) in [5, 5.41) is 6.63. The molecule has 0 spiro atoms. The molecule has 0 aliphatic carbocycles. The van der Waals surface area contributed by atoms with Gasteiger partial charge in [0.25, 0.3) is 5.91 Å². The third-order valence-corrected chi connectivity index (χ3v) is 14.0. The molecule has 3 amide bonds. The summed E-state index contributed by atoms with van der Waals surface area (Å²) in [6, 6.07) is 21.4. The molecule has 0 aliphatic heterocycles. The van der Waals surface area contributed by atoms with Crippen LogP contribution in [0, 0.1) is 12.8 Å². The lowest BCUT2D eigenvalue weighted by molar-refractivity contribution is -0.171. The third kappa shape index (κ3) is 17.6. The molecule has 4 rings (SSSR count). The number of phosphoric ester groups is 1. The molecular formula is C50H69N3O14P2. The molecule has 3 aromatic carbocycles. The van der Waals surface area contributed by atoms with E-state index in [0.717, 1.165) is 23.5 Å². The molecule has 0 radical (unpaired) electrons. The molecule has 0 bridgehead atoms. The molecule has 69 heavy (non-hydrogen) atoms. The van der Waals surface area contributed by atoms with Gasteiger partial charge in [-0.05, 0) is 116 Å². The predicted octanol–water partition coefficient (Wildman–Crippen LogP) is 10.5. The van der Waals surface area contributed by atoms with Gasteiger partial charge >= 0.3 is 13.8 Å². The van der Waals surface area contributed by atoms with Crippen LogP contribution in [0.15, 0.2) is 83.3 Å². The van der Waals surface area contributed by atoms with Crippen LogP contribution in [0.2, 0.25) is 0 Å². The second-order valence-electron chi connectivity index (χ2n) is 18.3. The zero-order chi connectivity index (χ0) is 51.0. The van der Waals surface area contributed by atoms with E-state index >= 15 is 0 Å². The summed E-state index contributed by atoms with van der Waals surface area (Å²) in [5.41, 5.74) is -0.0163. The summed E-state index contributed by atoms with van der Waals surface area (Å²) < 4.78 is 67.7. The molecule has 0 saturated heterocycles. The van der Waals surface area contributed by atoms with Gasteiger partial charge in [0.05, 0.1) is 43.0 Å². The number of unbranched alkanes of at least 4 members (excludes halogenated alkanes) is 2. The van der Waals surface area contributed by atoms with E-state index in [1.165, 1.54) is 18.8 Å². The fraction of sp³-hybridized carbons (Fsp3) is 0.480. The Labute approximate surface area is 406 Å². The maximum atomic E-state index is 13.9. The molecule has 0 saturated carbocycles. The van der Waals surface area contributed by atoms with Crippen molar-refractivity contribution in [1.29, 1.82) is 0 Å². The first-order valence-corrected chi connectivity index (χ1v) is 26.6. The van der Waals surface area contributed by atoms with E-state index in [4.69, 9.17) is 36.8 Å².